The van der Waals surface area contributed by atoms with Crippen LogP contribution in [0.3, 0.4) is 0 Å². The average Bonchev–Trinajstić information content (AvgIpc) is 3.17. The molecule has 2 aromatic carbocycles. The maximum absolute atomic E-state index is 12.7. The zero-order chi connectivity index (χ0) is 28.1. The largest absolute Gasteiger partial charge is 0.493 e. The number of ether oxygens (including phenoxy) is 6. The Balaban J connectivity index is 1.16. The van der Waals surface area contributed by atoms with Crippen LogP contribution in [0.5, 0.6) is 23.0 Å². The molecule has 9 atom stereocenters. The normalized spacial score (nSPS) is 37.0. The van der Waals surface area contributed by atoms with Crippen LogP contribution in [0.15, 0.2) is 48.5 Å². The molecule has 5 fully saturated rings. The molecule has 0 amide bonds. The van der Waals surface area contributed by atoms with Gasteiger partial charge in [-0.05, 0) is 69.2 Å². The van der Waals surface area contributed by atoms with Crippen molar-refractivity contribution < 1.29 is 43.0 Å². The molecule has 1 saturated carbocycles. The highest BCUT2D eigenvalue weighted by Gasteiger charge is 2.69. The van der Waals surface area contributed by atoms with Gasteiger partial charge < -0.3 is 28.4 Å². The van der Waals surface area contributed by atoms with Crippen LogP contribution >= 0.6 is 0 Å². The molecule has 0 N–H and O–H groups in total. The predicted octanol–water partition coefficient (Wildman–Crippen LogP) is 5.65. The lowest BCUT2D eigenvalue weighted by molar-refractivity contribution is -0.575. The van der Waals surface area contributed by atoms with Crippen LogP contribution in [-0.4, -0.2) is 43.2 Å². The first-order valence-electron chi connectivity index (χ1n) is 14.2. The third kappa shape index (κ3) is 4.72. The van der Waals surface area contributed by atoms with Crippen LogP contribution < -0.4 is 18.9 Å². The third-order valence-electron chi connectivity index (χ3n) is 9.08. The zero-order valence-corrected chi connectivity index (χ0v) is 23.7. The number of rotatable bonds is 7. The molecule has 4 saturated heterocycles. The predicted molar refractivity (Wildman–Crippen MR) is 143 cm³/mol. The van der Waals surface area contributed by atoms with Crippen molar-refractivity contribution in [1.29, 1.82) is 0 Å². The van der Waals surface area contributed by atoms with Gasteiger partial charge in [-0.3, -0.25) is 0 Å². The zero-order valence-electron chi connectivity index (χ0n) is 23.7. The number of carbonyl (C=O) groups excluding carboxylic acids is 1. The van der Waals surface area contributed by atoms with E-state index < -0.39 is 36.0 Å². The van der Waals surface area contributed by atoms with Crippen LogP contribution in [0.1, 0.15) is 53.4 Å². The first-order valence-corrected chi connectivity index (χ1v) is 14.2. The van der Waals surface area contributed by atoms with E-state index in [1.165, 1.54) is 7.11 Å². The first kappa shape index (κ1) is 27.3. The van der Waals surface area contributed by atoms with Gasteiger partial charge in [0.1, 0.15) is 11.5 Å². The second-order valence-electron chi connectivity index (χ2n) is 11.7. The topological polar surface area (TPSA) is 90.9 Å². The van der Waals surface area contributed by atoms with Crippen molar-refractivity contribution in [3.63, 3.8) is 0 Å². The maximum Gasteiger partial charge on any atom is 0.352 e. The van der Waals surface area contributed by atoms with Crippen molar-refractivity contribution in [3.05, 3.63) is 48.5 Å². The molecule has 0 aromatic heterocycles. The number of benzene rings is 2. The fourth-order valence-electron chi connectivity index (χ4n) is 6.91. The summed E-state index contributed by atoms with van der Waals surface area (Å²) < 4.78 is 36.0. The van der Waals surface area contributed by atoms with E-state index in [2.05, 4.69) is 13.8 Å². The number of methoxy groups -OCH3 is 1. The van der Waals surface area contributed by atoms with Crippen molar-refractivity contribution in [2.45, 2.75) is 83.5 Å². The van der Waals surface area contributed by atoms with E-state index in [1.54, 1.807) is 43.3 Å². The molecule has 5 aliphatic rings. The molecule has 1 unspecified atom stereocenters. The Morgan fingerprint density at radius 2 is 1.75 bits per heavy atom. The minimum atomic E-state index is -0.862. The van der Waals surface area contributed by atoms with Crippen LogP contribution in [0.25, 0.3) is 0 Å². The van der Waals surface area contributed by atoms with E-state index >= 15 is 0 Å². The van der Waals surface area contributed by atoms with Gasteiger partial charge in [-0.2, -0.15) is 0 Å². The van der Waals surface area contributed by atoms with E-state index in [0.717, 1.165) is 25.7 Å². The molecule has 216 valence electrons. The van der Waals surface area contributed by atoms with Gasteiger partial charge in [0.2, 0.25) is 12.1 Å². The first-order chi connectivity index (χ1) is 19.2. The van der Waals surface area contributed by atoms with Crippen molar-refractivity contribution in [2.75, 3.05) is 7.11 Å². The number of hydrogen-bond acceptors (Lipinski definition) is 9. The Hall–Kier alpha value is -2.85. The monoisotopic (exact) mass is 554 g/mol. The lowest BCUT2D eigenvalue weighted by atomic mass is 9.58. The molecular weight excluding hydrogens is 516 g/mol. The Morgan fingerprint density at radius 1 is 0.975 bits per heavy atom. The lowest BCUT2D eigenvalue weighted by Gasteiger charge is -2.60. The second-order valence-corrected chi connectivity index (χ2v) is 11.7. The molecule has 9 heteroatoms. The van der Waals surface area contributed by atoms with E-state index in [-0.39, 0.29) is 17.8 Å². The van der Waals surface area contributed by atoms with E-state index in [1.807, 2.05) is 19.1 Å². The molecule has 1 aliphatic carbocycles. The smallest absolute Gasteiger partial charge is 0.352 e. The molecule has 4 aliphatic heterocycles. The standard InChI is InChI=1S/C31H38O9/c1-18-13-14-24-19(2)28(37-29-31(24)23(18)15-16-30(4,38-29)39-40-31)35-22-10-8-9-21(17-22)34-20(3)27(32)36-26-12-7-6-11-25(26)33-5/h6-12,17-20,23-24,28-29H,13-16H2,1-5H3/t18-,19-,20?,23+,24+,28+,29-,30-,31-/m1/s1. The van der Waals surface area contributed by atoms with Crippen LogP contribution in [0.2, 0.25) is 0 Å². The van der Waals surface area contributed by atoms with Crippen molar-refractivity contribution in [1.82, 2.24) is 0 Å². The second kappa shape index (κ2) is 10.5. The summed E-state index contributed by atoms with van der Waals surface area (Å²) in [6.45, 7) is 7.99. The summed E-state index contributed by atoms with van der Waals surface area (Å²) in [5.41, 5.74) is -0.644. The summed E-state index contributed by atoms with van der Waals surface area (Å²) in [5, 5.41) is 0. The lowest BCUT2D eigenvalue weighted by Crippen LogP contribution is -2.70. The van der Waals surface area contributed by atoms with Gasteiger partial charge in [0.05, 0.1) is 7.11 Å². The van der Waals surface area contributed by atoms with Gasteiger partial charge in [0, 0.05) is 24.3 Å². The summed E-state index contributed by atoms with van der Waals surface area (Å²) >= 11 is 0. The molecule has 7 rings (SSSR count). The van der Waals surface area contributed by atoms with Crippen molar-refractivity contribution in [2.24, 2.45) is 23.7 Å². The van der Waals surface area contributed by atoms with Crippen molar-refractivity contribution in [3.8, 4) is 23.0 Å². The summed E-state index contributed by atoms with van der Waals surface area (Å²) in [7, 11) is 1.52. The number of hydrogen-bond donors (Lipinski definition) is 0. The van der Waals surface area contributed by atoms with Gasteiger partial charge >= 0.3 is 5.97 Å². The Kier molecular flexibility index (Phi) is 7.19. The molecule has 4 heterocycles. The fourth-order valence-corrected chi connectivity index (χ4v) is 6.91. The number of fused-ring (bicyclic) bond motifs is 2. The highest BCUT2D eigenvalue weighted by molar-refractivity contribution is 5.77. The highest BCUT2D eigenvalue weighted by atomic mass is 17.3. The number of para-hydroxylation sites is 2. The molecule has 1 spiro atoms. The van der Waals surface area contributed by atoms with Crippen LogP contribution in [0.4, 0.5) is 0 Å². The fraction of sp³-hybridized carbons (Fsp3) is 0.581. The summed E-state index contributed by atoms with van der Waals surface area (Å²) in [5.74, 6) is 1.43. The van der Waals surface area contributed by atoms with Gasteiger partial charge in [0.25, 0.3) is 0 Å². The Bertz CT molecular complexity index is 1230. The van der Waals surface area contributed by atoms with Gasteiger partial charge in [-0.15, -0.1) is 0 Å². The minimum Gasteiger partial charge on any atom is -0.493 e. The molecule has 0 radical (unpaired) electrons. The van der Waals surface area contributed by atoms with Crippen molar-refractivity contribution >= 4 is 5.97 Å². The maximum atomic E-state index is 12.7. The number of esters is 1. The van der Waals surface area contributed by atoms with Gasteiger partial charge in [0.15, 0.2) is 29.5 Å². The summed E-state index contributed by atoms with van der Waals surface area (Å²) in [6.07, 6.45) is 1.83. The molecule has 2 aromatic rings. The third-order valence-corrected chi connectivity index (χ3v) is 9.08. The Labute approximate surface area is 234 Å². The number of carbonyl (C=O) groups is 1. The van der Waals surface area contributed by atoms with Gasteiger partial charge in [-0.25, -0.2) is 14.6 Å². The molecule has 40 heavy (non-hydrogen) atoms. The van der Waals surface area contributed by atoms with E-state index in [9.17, 15) is 4.79 Å². The summed E-state index contributed by atoms with van der Waals surface area (Å²) in [6, 6.07) is 14.2. The van der Waals surface area contributed by atoms with Crippen LogP contribution in [-0.2, 0) is 24.0 Å². The minimum absolute atomic E-state index is 0.0280. The molecule has 2 bridgehead atoms. The Morgan fingerprint density at radius 3 is 2.55 bits per heavy atom. The molecular formula is C31H38O9. The molecule has 9 nitrogen and oxygen atoms in total. The SMILES string of the molecule is COc1ccccc1OC(=O)C(C)Oc1cccc(O[C@H]2O[C@@H]3O[C@@]4(C)CC[C@H]5[C@H](C)CC[C@@H]([C@H]2C)[C@@]35OO4)c1. The summed E-state index contributed by atoms with van der Waals surface area (Å²) in [4.78, 5) is 24.8. The van der Waals surface area contributed by atoms with Gasteiger partial charge in [-0.1, -0.05) is 32.0 Å². The van der Waals surface area contributed by atoms with Crippen LogP contribution in [0, 0.1) is 23.7 Å². The van der Waals surface area contributed by atoms with E-state index in [4.69, 9.17) is 38.2 Å². The highest BCUT2D eigenvalue weighted by Crippen LogP contribution is 2.60. The average molecular weight is 555 g/mol. The quantitative estimate of drug-likeness (QED) is 0.244. The van der Waals surface area contributed by atoms with E-state index in [0.29, 0.717) is 28.9 Å².